The van der Waals surface area contributed by atoms with Crippen molar-refractivity contribution in [1.29, 1.82) is 0 Å². The third-order valence-corrected chi connectivity index (χ3v) is 2.19. The van der Waals surface area contributed by atoms with E-state index in [1.807, 2.05) is 24.8 Å². The molecule has 0 aliphatic carbocycles. The molecule has 0 radical (unpaired) electrons. The van der Waals surface area contributed by atoms with Gasteiger partial charge in [0.2, 0.25) is 11.8 Å². The van der Waals surface area contributed by atoms with Gasteiger partial charge in [-0.15, -0.1) is 0 Å². The summed E-state index contributed by atoms with van der Waals surface area (Å²) >= 11 is 0. The maximum absolute atomic E-state index is 5.56. The molecule has 6 heteroatoms. The van der Waals surface area contributed by atoms with Gasteiger partial charge < -0.3 is 21.1 Å². The highest BCUT2D eigenvalue weighted by atomic mass is 16.5. The van der Waals surface area contributed by atoms with Crippen LogP contribution in [0.4, 0.5) is 5.95 Å². The monoisotopic (exact) mass is 239 g/mol. The van der Waals surface area contributed by atoms with Crippen molar-refractivity contribution in [3.8, 4) is 5.88 Å². The molecule has 1 heterocycles. The Morgan fingerprint density at radius 2 is 1.88 bits per heavy atom. The second-order valence-electron chi connectivity index (χ2n) is 3.64. The Morgan fingerprint density at radius 3 is 2.41 bits per heavy atom. The Labute approximate surface area is 102 Å². The Morgan fingerprint density at radius 1 is 1.24 bits per heavy atom. The third-order valence-electron chi connectivity index (χ3n) is 2.19. The molecule has 0 aromatic carbocycles. The molecule has 0 spiro atoms. The third kappa shape index (κ3) is 4.16. The molecule has 0 amide bonds. The van der Waals surface area contributed by atoms with Crippen LogP contribution in [-0.4, -0.2) is 42.8 Å². The molecule has 4 N–H and O–H groups in total. The maximum Gasteiger partial charge on any atom is 0.228 e. The van der Waals surface area contributed by atoms with E-state index in [0.717, 1.165) is 5.69 Å². The molecule has 0 atom stereocenters. The van der Waals surface area contributed by atoms with E-state index >= 15 is 0 Å². The molecule has 1 rings (SSSR count). The molecule has 0 unspecified atom stereocenters. The molecule has 96 valence electrons. The van der Waals surface area contributed by atoms with Crippen molar-refractivity contribution in [2.24, 2.45) is 11.5 Å². The molecular formula is C11H21N5O. The van der Waals surface area contributed by atoms with Crippen LogP contribution in [0.15, 0.2) is 6.07 Å². The minimum Gasteiger partial charge on any atom is -0.478 e. The van der Waals surface area contributed by atoms with Gasteiger partial charge in [0.25, 0.3) is 0 Å². The Bertz CT molecular complexity index is 339. The number of nitrogens with zero attached hydrogens (tertiary/aromatic N) is 3. The predicted molar refractivity (Wildman–Crippen MR) is 68.3 cm³/mol. The minimum atomic E-state index is 0.543. The molecule has 0 aliphatic heterocycles. The van der Waals surface area contributed by atoms with Crippen LogP contribution in [0.2, 0.25) is 0 Å². The zero-order valence-corrected chi connectivity index (χ0v) is 10.5. The summed E-state index contributed by atoms with van der Waals surface area (Å²) in [5.74, 6) is 1.22. The van der Waals surface area contributed by atoms with E-state index in [0.29, 0.717) is 44.6 Å². The summed E-state index contributed by atoms with van der Waals surface area (Å²) < 4.78 is 5.39. The number of hydrogen-bond donors (Lipinski definition) is 2. The highest BCUT2D eigenvalue weighted by molar-refractivity contribution is 5.34. The largest absolute Gasteiger partial charge is 0.478 e. The molecule has 0 fully saturated rings. The Balaban J connectivity index is 2.92. The van der Waals surface area contributed by atoms with Crippen molar-refractivity contribution in [3.63, 3.8) is 0 Å². The predicted octanol–water partition coefficient (Wildman–Crippen LogP) is -0.0925. The van der Waals surface area contributed by atoms with Crippen LogP contribution >= 0.6 is 0 Å². The van der Waals surface area contributed by atoms with Crippen LogP contribution in [0.5, 0.6) is 5.88 Å². The standard InChI is InChI=1S/C11H21N5O/c1-3-17-10-8-9(2)14-11(15-10)16(6-4-12)7-5-13/h8H,3-7,12-13H2,1-2H3. The van der Waals surface area contributed by atoms with Crippen molar-refractivity contribution in [1.82, 2.24) is 9.97 Å². The second kappa shape index (κ2) is 7.03. The van der Waals surface area contributed by atoms with Gasteiger partial charge in [-0.2, -0.15) is 4.98 Å². The fourth-order valence-electron chi connectivity index (χ4n) is 1.51. The average molecular weight is 239 g/mol. The van der Waals surface area contributed by atoms with Gasteiger partial charge in [-0.05, 0) is 13.8 Å². The lowest BCUT2D eigenvalue weighted by molar-refractivity contribution is 0.326. The van der Waals surface area contributed by atoms with Crippen molar-refractivity contribution in [2.75, 3.05) is 37.7 Å². The fourth-order valence-corrected chi connectivity index (χ4v) is 1.51. The first-order valence-corrected chi connectivity index (χ1v) is 5.84. The van der Waals surface area contributed by atoms with Gasteiger partial charge in [0.1, 0.15) is 0 Å². The number of aryl methyl sites for hydroxylation is 1. The SMILES string of the molecule is CCOc1cc(C)nc(N(CCN)CCN)n1. The molecule has 1 aromatic heterocycles. The van der Waals surface area contributed by atoms with Gasteiger partial charge in [0, 0.05) is 37.9 Å². The summed E-state index contributed by atoms with van der Waals surface area (Å²) in [5.41, 5.74) is 12.0. The van der Waals surface area contributed by atoms with E-state index in [-0.39, 0.29) is 0 Å². The molecule has 6 nitrogen and oxygen atoms in total. The van der Waals surface area contributed by atoms with E-state index in [1.54, 1.807) is 0 Å². The maximum atomic E-state index is 5.56. The van der Waals surface area contributed by atoms with E-state index in [9.17, 15) is 0 Å². The average Bonchev–Trinajstić information content (AvgIpc) is 2.28. The van der Waals surface area contributed by atoms with E-state index in [4.69, 9.17) is 16.2 Å². The number of anilines is 1. The highest BCUT2D eigenvalue weighted by Crippen LogP contribution is 2.14. The summed E-state index contributed by atoms with van der Waals surface area (Å²) in [6.45, 7) is 6.88. The van der Waals surface area contributed by atoms with Gasteiger partial charge in [-0.25, -0.2) is 4.98 Å². The van der Waals surface area contributed by atoms with Crippen molar-refractivity contribution in [3.05, 3.63) is 11.8 Å². The first-order chi connectivity index (χ1) is 8.21. The van der Waals surface area contributed by atoms with Gasteiger partial charge >= 0.3 is 0 Å². The fraction of sp³-hybridized carbons (Fsp3) is 0.636. The number of hydrogen-bond acceptors (Lipinski definition) is 6. The first kappa shape index (κ1) is 13.7. The molecule has 17 heavy (non-hydrogen) atoms. The number of aromatic nitrogens is 2. The minimum absolute atomic E-state index is 0.543. The van der Waals surface area contributed by atoms with Gasteiger partial charge in [-0.1, -0.05) is 0 Å². The molecule has 0 bridgehead atoms. The molecule has 0 saturated heterocycles. The summed E-state index contributed by atoms with van der Waals surface area (Å²) in [7, 11) is 0. The summed E-state index contributed by atoms with van der Waals surface area (Å²) in [6.07, 6.45) is 0. The van der Waals surface area contributed by atoms with Crippen molar-refractivity contribution in [2.45, 2.75) is 13.8 Å². The van der Waals surface area contributed by atoms with Crippen molar-refractivity contribution >= 4 is 5.95 Å². The van der Waals surface area contributed by atoms with Gasteiger partial charge in [-0.3, -0.25) is 0 Å². The summed E-state index contributed by atoms with van der Waals surface area (Å²) in [4.78, 5) is 10.7. The lowest BCUT2D eigenvalue weighted by Crippen LogP contribution is -2.35. The van der Waals surface area contributed by atoms with E-state index in [1.165, 1.54) is 0 Å². The Kier molecular flexibility index (Phi) is 5.65. The highest BCUT2D eigenvalue weighted by Gasteiger charge is 2.10. The van der Waals surface area contributed by atoms with Crippen LogP contribution < -0.4 is 21.1 Å². The normalized spacial score (nSPS) is 10.4. The van der Waals surface area contributed by atoms with Crippen LogP contribution in [0.25, 0.3) is 0 Å². The molecular weight excluding hydrogens is 218 g/mol. The number of rotatable bonds is 7. The van der Waals surface area contributed by atoms with Gasteiger partial charge in [0.05, 0.1) is 6.61 Å². The molecule has 0 saturated carbocycles. The molecule has 1 aromatic rings. The number of nitrogens with two attached hydrogens (primary N) is 2. The topological polar surface area (TPSA) is 90.3 Å². The van der Waals surface area contributed by atoms with E-state index < -0.39 is 0 Å². The number of ether oxygens (including phenoxy) is 1. The van der Waals surface area contributed by atoms with Crippen LogP contribution in [-0.2, 0) is 0 Å². The first-order valence-electron chi connectivity index (χ1n) is 5.84. The van der Waals surface area contributed by atoms with Crippen LogP contribution in [0, 0.1) is 6.92 Å². The smallest absolute Gasteiger partial charge is 0.228 e. The van der Waals surface area contributed by atoms with E-state index in [2.05, 4.69) is 9.97 Å². The lowest BCUT2D eigenvalue weighted by Gasteiger charge is -2.21. The Hall–Kier alpha value is -1.40. The van der Waals surface area contributed by atoms with Crippen LogP contribution in [0.3, 0.4) is 0 Å². The second-order valence-corrected chi connectivity index (χ2v) is 3.64. The molecule has 0 aliphatic rings. The zero-order valence-electron chi connectivity index (χ0n) is 10.5. The van der Waals surface area contributed by atoms with Crippen molar-refractivity contribution < 1.29 is 4.74 Å². The quantitative estimate of drug-likeness (QED) is 0.691. The summed E-state index contributed by atoms with van der Waals surface area (Å²) in [6, 6.07) is 1.82. The lowest BCUT2D eigenvalue weighted by atomic mass is 10.4. The van der Waals surface area contributed by atoms with Gasteiger partial charge in [0.15, 0.2) is 0 Å². The van der Waals surface area contributed by atoms with Crippen LogP contribution in [0.1, 0.15) is 12.6 Å². The summed E-state index contributed by atoms with van der Waals surface area (Å²) in [5, 5.41) is 0. The zero-order chi connectivity index (χ0) is 12.7.